The first-order valence-corrected chi connectivity index (χ1v) is 4.59. The molecule has 14 heavy (non-hydrogen) atoms. The minimum absolute atomic E-state index is 0.0338. The molecule has 1 rings (SSSR count). The Balaban J connectivity index is 3.07. The van der Waals surface area contributed by atoms with Crippen molar-refractivity contribution >= 4 is 5.69 Å². The Labute approximate surface area is 82.5 Å². The lowest BCUT2D eigenvalue weighted by atomic mass is 10.0. The van der Waals surface area contributed by atoms with Crippen LogP contribution >= 0.6 is 0 Å². The second-order valence-corrected chi connectivity index (χ2v) is 3.33. The van der Waals surface area contributed by atoms with Crippen LogP contribution in [-0.4, -0.2) is 5.11 Å². The van der Waals surface area contributed by atoms with Gasteiger partial charge in [-0.15, -0.1) is 0 Å². The molecule has 0 aliphatic carbocycles. The fourth-order valence-corrected chi connectivity index (χ4v) is 1.39. The molecule has 3 nitrogen and oxygen atoms in total. The minimum Gasteiger partial charge on any atom is -0.505 e. The molecule has 0 aliphatic heterocycles. The van der Waals surface area contributed by atoms with Crippen LogP contribution in [0.4, 0.5) is 10.1 Å². The Morgan fingerprint density at radius 1 is 1.50 bits per heavy atom. The van der Waals surface area contributed by atoms with E-state index in [1.165, 1.54) is 6.07 Å². The zero-order chi connectivity index (χ0) is 10.7. The Morgan fingerprint density at radius 3 is 2.71 bits per heavy atom. The van der Waals surface area contributed by atoms with E-state index in [1.807, 2.05) is 6.92 Å². The van der Waals surface area contributed by atoms with Gasteiger partial charge in [-0.2, -0.15) is 0 Å². The van der Waals surface area contributed by atoms with Gasteiger partial charge in [0.1, 0.15) is 11.6 Å². The lowest BCUT2D eigenvalue weighted by Gasteiger charge is -2.13. The van der Waals surface area contributed by atoms with E-state index in [1.54, 1.807) is 0 Å². The van der Waals surface area contributed by atoms with Crippen molar-refractivity contribution in [2.24, 2.45) is 5.73 Å². The number of anilines is 1. The van der Waals surface area contributed by atoms with Gasteiger partial charge < -0.3 is 16.6 Å². The van der Waals surface area contributed by atoms with Crippen molar-refractivity contribution < 1.29 is 9.50 Å². The van der Waals surface area contributed by atoms with Crippen molar-refractivity contribution in [3.8, 4) is 5.75 Å². The molecule has 0 heterocycles. The maximum Gasteiger partial charge on any atom is 0.143 e. The van der Waals surface area contributed by atoms with E-state index in [0.717, 1.165) is 12.5 Å². The van der Waals surface area contributed by atoms with Crippen LogP contribution in [0.2, 0.25) is 0 Å². The van der Waals surface area contributed by atoms with E-state index in [2.05, 4.69) is 0 Å². The Hall–Kier alpha value is -1.29. The fourth-order valence-electron chi connectivity index (χ4n) is 1.39. The fraction of sp³-hybridized carbons (Fsp3) is 0.400. The third kappa shape index (κ3) is 2.14. The van der Waals surface area contributed by atoms with Crippen molar-refractivity contribution in [1.82, 2.24) is 0 Å². The molecule has 1 aromatic rings. The highest BCUT2D eigenvalue weighted by atomic mass is 19.1. The largest absolute Gasteiger partial charge is 0.505 e. The molecule has 0 radical (unpaired) electrons. The highest BCUT2D eigenvalue weighted by Gasteiger charge is 2.13. The highest BCUT2D eigenvalue weighted by molar-refractivity contribution is 5.56. The van der Waals surface area contributed by atoms with Crippen molar-refractivity contribution in [3.05, 3.63) is 23.5 Å². The van der Waals surface area contributed by atoms with Gasteiger partial charge in [-0.25, -0.2) is 4.39 Å². The average Bonchev–Trinajstić information content (AvgIpc) is 2.11. The van der Waals surface area contributed by atoms with E-state index in [-0.39, 0.29) is 17.5 Å². The summed E-state index contributed by atoms with van der Waals surface area (Å²) in [5, 5.41) is 9.55. The van der Waals surface area contributed by atoms with Gasteiger partial charge in [-0.05, 0) is 12.5 Å². The third-order valence-electron chi connectivity index (χ3n) is 2.13. The van der Waals surface area contributed by atoms with Gasteiger partial charge in [0, 0.05) is 17.7 Å². The molecule has 0 aliphatic rings. The van der Waals surface area contributed by atoms with Gasteiger partial charge in [0.05, 0.1) is 5.69 Å². The van der Waals surface area contributed by atoms with Crippen LogP contribution in [0.3, 0.4) is 0 Å². The van der Waals surface area contributed by atoms with Crippen LogP contribution in [0.15, 0.2) is 12.1 Å². The molecule has 0 saturated carbocycles. The Bertz CT molecular complexity index is 328. The first kappa shape index (κ1) is 10.8. The molecule has 0 amide bonds. The summed E-state index contributed by atoms with van der Waals surface area (Å²) in [5.74, 6) is -0.575. The lowest BCUT2D eigenvalue weighted by Crippen LogP contribution is -2.11. The predicted octanol–water partition coefficient (Wildman–Crippen LogP) is 1.91. The van der Waals surface area contributed by atoms with Crippen molar-refractivity contribution in [2.75, 3.05) is 5.73 Å². The molecular formula is C10H15FN2O. The van der Waals surface area contributed by atoms with Crippen LogP contribution in [0.5, 0.6) is 5.75 Å². The summed E-state index contributed by atoms with van der Waals surface area (Å²) in [6.07, 6.45) is 1.56. The summed E-state index contributed by atoms with van der Waals surface area (Å²) in [6.45, 7) is 1.97. The summed E-state index contributed by atoms with van der Waals surface area (Å²) in [7, 11) is 0. The second kappa shape index (κ2) is 4.28. The zero-order valence-electron chi connectivity index (χ0n) is 8.13. The smallest absolute Gasteiger partial charge is 0.143 e. The number of nitrogen functional groups attached to an aromatic ring is 1. The third-order valence-corrected chi connectivity index (χ3v) is 2.13. The summed E-state index contributed by atoms with van der Waals surface area (Å²) < 4.78 is 13.0. The predicted molar refractivity (Wildman–Crippen MR) is 54.3 cm³/mol. The van der Waals surface area contributed by atoms with Gasteiger partial charge in [0.2, 0.25) is 0 Å². The minimum atomic E-state index is -0.471. The maximum absolute atomic E-state index is 13.0. The molecular weight excluding hydrogens is 183 g/mol. The normalized spacial score (nSPS) is 12.8. The van der Waals surface area contributed by atoms with Gasteiger partial charge >= 0.3 is 0 Å². The number of halogens is 1. The molecule has 0 fully saturated rings. The van der Waals surface area contributed by atoms with Crippen LogP contribution in [0.1, 0.15) is 31.4 Å². The van der Waals surface area contributed by atoms with E-state index < -0.39 is 5.82 Å². The van der Waals surface area contributed by atoms with Gasteiger partial charge in [-0.1, -0.05) is 13.3 Å². The Morgan fingerprint density at radius 2 is 2.14 bits per heavy atom. The standard InChI is InChI=1S/C10H15FN2O/c1-2-3-8(12)7-4-6(11)5-9(13)10(7)14/h4-5,8,14H,2-3,12-13H2,1H3. The monoisotopic (exact) mass is 198 g/mol. The van der Waals surface area contributed by atoms with Crippen molar-refractivity contribution in [3.63, 3.8) is 0 Å². The topological polar surface area (TPSA) is 72.3 Å². The number of hydrogen-bond acceptors (Lipinski definition) is 3. The second-order valence-electron chi connectivity index (χ2n) is 3.33. The molecule has 0 bridgehead atoms. The van der Waals surface area contributed by atoms with E-state index in [9.17, 15) is 9.50 Å². The number of benzene rings is 1. The molecule has 1 aromatic carbocycles. The molecule has 5 N–H and O–H groups in total. The van der Waals surface area contributed by atoms with Gasteiger partial charge in [0.15, 0.2) is 0 Å². The molecule has 0 spiro atoms. The van der Waals surface area contributed by atoms with Crippen molar-refractivity contribution in [1.29, 1.82) is 0 Å². The summed E-state index contributed by atoms with van der Waals surface area (Å²) in [5.41, 5.74) is 11.6. The number of aromatic hydroxyl groups is 1. The number of rotatable bonds is 3. The zero-order valence-corrected chi connectivity index (χ0v) is 8.13. The summed E-state index contributed by atoms with van der Waals surface area (Å²) in [6, 6.07) is 1.95. The van der Waals surface area contributed by atoms with E-state index in [4.69, 9.17) is 11.5 Å². The average molecular weight is 198 g/mol. The highest BCUT2D eigenvalue weighted by Crippen LogP contribution is 2.31. The molecule has 78 valence electrons. The molecule has 0 aromatic heterocycles. The number of phenols is 1. The number of hydrogen-bond donors (Lipinski definition) is 3. The molecule has 4 heteroatoms. The van der Waals surface area contributed by atoms with Crippen LogP contribution in [0.25, 0.3) is 0 Å². The van der Waals surface area contributed by atoms with Crippen LogP contribution in [0, 0.1) is 5.82 Å². The van der Waals surface area contributed by atoms with E-state index in [0.29, 0.717) is 12.0 Å². The number of phenolic OH excluding ortho intramolecular Hbond substituents is 1. The summed E-state index contributed by atoms with van der Waals surface area (Å²) >= 11 is 0. The quantitative estimate of drug-likeness (QED) is 0.513. The van der Waals surface area contributed by atoms with Crippen molar-refractivity contribution in [2.45, 2.75) is 25.8 Å². The van der Waals surface area contributed by atoms with Gasteiger partial charge in [0.25, 0.3) is 0 Å². The lowest BCUT2D eigenvalue weighted by molar-refractivity contribution is 0.457. The van der Waals surface area contributed by atoms with Gasteiger partial charge in [-0.3, -0.25) is 0 Å². The maximum atomic E-state index is 13.0. The molecule has 0 saturated heterocycles. The Kier molecular flexibility index (Phi) is 3.30. The number of nitrogens with two attached hydrogens (primary N) is 2. The van der Waals surface area contributed by atoms with E-state index >= 15 is 0 Å². The molecule has 1 atom stereocenters. The van der Waals surface area contributed by atoms with Crippen LogP contribution < -0.4 is 11.5 Å². The first-order chi connectivity index (χ1) is 6.56. The first-order valence-electron chi connectivity index (χ1n) is 4.59. The summed E-state index contributed by atoms with van der Waals surface area (Å²) in [4.78, 5) is 0. The molecule has 1 unspecified atom stereocenters. The van der Waals surface area contributed by atoms with Crippen LogP contribution in [-0.2, 0) is 0 Å². The SMILES string of the molecule is CCCC(N)c1cc(F)cc(N)c1O.